The second-order valence-corrected chi connectivity index (χ2v) is 1.52. The summed E-state index contributed by atoms with van der Waals surface area (Å²) in [6.07, 6.45) is 2.98. The minimum absolute atomic E-state index is 0.630. The van der Waals surface area contributed by atoms with Crippen molar-refractivity contribution in [1.82, 2.24) is 20.5 Å². The van der Waals surface area contributed by atoms with Gasteiger partial charge in [0.25, 0.3) is 0 Å². The molecule has 5 heteroatoms. The largest absolute Gasteiger partial charge is 0.243 e. The van der Waals surface area contributed by atoms with Crippen LogP contribution in [-0.2, 0) is 0 Å². The average Bonchev–Trinajstić information content (AvgIpc) is 2.33. The Morgan fingerprint density at radius 2 is 1.56 bits per heavy atom. The summed E-state index contributed by atoms with van der Waals surface area (Å²) < 4.78 is 4.38. The molecule has 0 aromatic carbocycles. The Kier molecular flexibility index (Phi) is 0.717. The van der Waals surface area contributed by atoms with Gasteiger partial charge >= 0.3 is 0 Å². The molecular formula is C4H2N4O. The maximum Gasteiger partial charge on any atom is 0.156 e. The standard InChI is InChI=1S/C4H2N4O/c1-3-4(2-6-5-1)8-9-7-3/h1-2H. The molecule has 0 saturated carbocycles. The Morgan fingerprint density at radius 3 is 2.11 bits per heavy atom. The first-order chi connectivity index (χ1) is 4.47. The molecule has 2 heterocycles. The van der Waals surface area contributed by atoms with E-state index in [9.17, 15) is 0 Å². The molecule has 0 N–H and O–H groups in total. The number of aromatic nitrogens is 4. The van der Waals surface area contributed by atoms with Crippen LogP contribution in [-0.4, -0.2) is 20.5 Å². The van der Waals surface area contributed by atoms with E-state index in [1.54, 1.807) is 0 Å². The lowest BCUT2D eigenvalue weighted by molar-refractivity contribution is 0.315. The van der Waals surface area contributed by atoms with Gasteiger partial charge in [-0.3, -0.25) is 0 Å². The van der Waals surface area contributed by atoms with E-state index < -0.39 is 0 Å². The second-order valence-electron chi connectivity index (χ2n) is 1.52. The minimum Gasteiger partial charge on any atom is -0.243 e. The topological polar surface area (TPSA) is 64.7 Å². The molecule has 0 aliphatic heterocycles. The Bertz CT molecular complexity index is 287. The molecule has 0 saturated heterocycles. The molecular weight excluding hydrogens is 120 g/mol. The Labute approximate surface area is 49.7 Å². The summed E-state index contributed by atoms with van der Waals surface area (Å²) in [5.74, 6) is 0. The molecule has 0 aliphatic carbocycles. The number of fused-ring (bicyclic) bond motifs is 1. The van der Waals surface area contributed by atoms with Crippen molar-refractivity contribution in [3.8, 4) is 0 Å². The zero-order valence-electron chi connectivity index (χ0n) is 4.35. The van der Waals surface area contributed by atoms with Crippen molar-refractivity contribution in [3.05, 3.63) is 12.4 Å². The van der Waals surface area contributed by atoms with E-state index in [0.717, 1.165) is 0 Å². The van der Waals surface area contributed by atoms with Crippen LogP contribution in [0, 0.1) is 0 Å². The van der Waals surface area contributed by atoms with Gasteiger partial charge in [0.05, 0.1) is 12.4 Å². The summed E-state index contributed by atoms with van der Waals surface area (Å²) in [5, 5.41) is 14.2. The van der Waals surface area contributed by atoms with E-state index in [4.69, 9.17) is 0 Å². The molecule has 0 amide bonds. The molecule has 0 atom stereocenters. The molecule has 0 unspecified atom stereocenters. The Balaban J connectivity index is 2.95. The quantitative estimate of drug-likeness (QED) is 0.492. The van der Waals surface area contributed by atoms with E-state index in [1.165, 1.54) is 12.4 Å². The van der Waals surface area contributed by atoms with Gasteiger partial charge in [-0.05, 0) is 10.3 Å². The van der Waals surface area contributed by atoms with Gasteiger partial charge in [0.15, 0.2) is 11.0 Å². The van der Waals surface area contributed by atoms with Gasteiger partial charge in [0, 0.05) is 0 Å². The molecule has 9 heavy (non-hydrogen) atoms. The van der Waals surface area contributed by atoms with Crippen molar-refractivity contribution < 1.29 is 4.63 Å². The van der Waals surface area contributed by atoms with Crippen LogP contribution in [0.5, 0.6) is 0 Å². The van der Waals surface area contributed by atoms with Crippen LogP contribution in [0.1, 0.15) is 0 Å². The van der Waals surface area contributed by atoms with Crippen LogP contribution in [0.4, 0.5) is 0 Å². The average molecular weight is 122 g/mol. The van der Waals surface area contributed by atoms with E-state index in [1.807, 2.05) is 0 Å². The van der Waals surface area contributed by atoms with Gasteiger partial charge < -0.3 is 0 Å². The van der Waals surface area contributed by atoms with E-state index in [0.29, 0.717) is 11.0 Å². The monoisotopic (exact) mass is 122 g/mol. The van der Waals surface area contributed by atoms with Crippen LogP contribution in [0.3, 0.4) is 0 Å². The molecule has 0 radical (unpaired) electrons. The van der Waals surface area contributed by atoms with Gasteiger partial charge in [-0.2, -0.15) is 10.2 Å². The van der Waals surface area contributed by atoms with Crippen molar-refractivity contribution in [1.29, 1.82) is 0 Å². The van der Waals surface area contributed by atoms with Crippen molar-refractivity contribution in [2.45, 2.75) is 0 Å². The Hall–Kier alpha value is -1.52. The van der Waals surface area contributed by atoms with Crippen LogP contribution in [0.25, 0.3) is 11.0 Å². The number of nitrogens with zero attached hydrogens (tertiary/aromatic N) is 4. The lowest BCUT2D eigenvalue weighted by atomic mass is 10.5. The third-order valence-electron chi connectivity index (χ3n) is 0.967. The maximum absolute atomic E-state index is 4.38. The van der Waals surface area contributed by atoms with Crippen molar-refractivity contribution >= 4 is 11.0 Å². The van der Waals surface area contributed by atoms with Crippen LogP contribution in [0.15, 0.2) is 17.0 Å². The molecule has 0 spiro atoms. The fourth-order valence-corrected chi connectivity index (χ4v) is 0.557. The van der Waals surface area contributed by atoms with Crippen LogP contribution < -0.4 is 0 Å². The summed E-state index contributed by atoms with van der Waals surface area (Å²) in [6.45, 7) is 0. The van der Waals surface area contributed by atoms with Gasteiger partial charge in [0.2, 0.25) is 0 Å². The summed E-state index contributed by atoms with van der Waals surface area (Å²) >= 11 is 0. The summed E-state index contributed by atoms with van der Waals surface area (Å²) in [4.78, 5) is 0. The maximum atomic E-state index is 4.38. The van der Waals surface area contributed by atoms with E-state index in [-0.39, 0.29) is 0 Å². The zero-order chi connectivity index (χ0) is 6.10. The normalized spacial score (nSPS) is 10.2. The Morgan fingerprint density at radius 1 is 1.00 bits per heavy atom. The van der Waals surface area contributed by atoms with Gasteiger partial charge in [-0.1, -0.05) is 0 Å². The SMILES string of the molecule is c1nncc2nonc12. The summed E-state index contributed by atoms with van der Waals surface area (Å²) in [7, 11) is 0. The smallest absolute Gasteiger partial charge is 0.156 e. The first kappa shape index (κ1) is 4.37. The van der Waals surface area contributed by atoms with Crippen LogP contribution in [0.2, 0.25) is 0 Å². The fraction of sp³-hybridized carbons (Fsp3) is 0. The van der Waals surface area contributed by atoms with Gasteiger partial charge in [-0.15, -0.1) is 0 Å². The third-order valence-corrected chi connectivity index (χ3v) is 0.967. The first-order valence-corrected chi connectivity index (χ1v) is 2.36. The predicted molar refractivity (Wildman–Crippen MR) is 27.4 cm³/mol. The molecule has 2 rings (SSSR count). The van der Waals surface area contributed by atoms with E-state index >= 15 is 0 Å². The highest BCUT2D eigenvalue weighted by Gasteiger charge is 1.95. The minimum atomic E-state index is 0.630. The molecule has 0 bridgehead atoms. The van der Waals surface area contributed by atoms with Crippen molar-refractivity contribution in [2.75, 3.05) is 0 Å². The van der Waals surface area contributed by atoms with Crippen molar-refractivity contribution in [3.63, 3.8) is 0 Å². The lowest BCUT2D eigenvalue weighted by Gasteiger charge is -1.74. The fourth-order valence-electron chi connectivity index (χ4n) is 0.557. The molecule has 0 fully saturated rings. The highest BCUT2D eigenvalue weighted by molar-refractivity contribution is 5.69. The second kappa shape index (κ2) is 1.48. The summed E-state index contributed by atoms with van der Waals surface area (Å²) in [5.41, 5.74) is 1.26. The highest BCUT2D eigenvalue weighted by atomic mass is 16.6. The summed E-state index contributed by atoms with van der Waals surface area (Å²) in [6, 6.07) is 0. The van der Waals surface area contributed by atoms with Gasteiger partial charge in [-0.25, -0.2) is 4.63 Å². The molecule has 5 nitrogen and oxygen atoms in total. The zero-order valence-corrected chi connectivity index (χ0v) is 4.35. The van der Waals surface area contributed by atoms with Crippen molar-refractivity contribution in [2.24, 2.45) is 0 Å². The molecule has 0 aliphatic rings. The third kappa shape index (κ3) is 0.543. The molecule has 44 valence electrons. The number of hydrogen-bond acceptors (Lipinski definition) is 5. The van der Waals surface area contributed by atoms with E-state index in [2.05, 4.69) is 25.1 Å². The number of rotatable bonds is 0. The van der Waals surface area contributed by atoms with Gasteiger partial charge in [0.1, 0.15) is 0 Å². The van der Waals surface area contributed by atoms with Crippen LogP contribution >= 0.6 is 0 Å². The lowest BCUT2D eigenvalue weighted by Crippen LogP contribution is -1.76. The highest BCUT2D eigenvalue weighted by Crippen LogP contribution is 2.01. The predicted octanol–water partition coefficient (Wildman–Crippen LogP) is 0.0128. The first-order valence-electron chi connectivity index (χ1n) is 2.36. The molecule has 2 aromatic rings. The molecule has 2 aromatic heterocycles. The number of hydrogen-bond donors (Lipinski definition) is 0.